The molecule has 3 aromatic rings. The molecule has 0 saturated carbocycles. The van der Waals surface area contributed by atoms with Crippen molar-refractivity contribution in [3.05, 3.63) is 71.8 Å². The highest BCUT2D eigenvalue weighted by Crippen LogP contribution is 2.24. The summed E-state index contributed by atoms with van der Waals surface area (Å²) < 4.78 is 5.58. The number of benzene rings is 3. The monoisotopic (exact) mass is 348 g/mol. The molecule has 1 amide bonds. The van der Waals surface area contributed by atoms with Crippen LogP contribution in [0.4, 0.5) is 0 Å². The van der Waals surface area contributed by atoms with Crippen molar-refractivity contribution in [2.45, 2.75) is 20.0 Å². The van der Waals surface area contributed by atoms with Crippen LogP contribution in [0.1, 0.15) is 29.8 Å². The Morgan fingerprint density at radius 2 is 1.73 bits per heavy atom. The number of fused-ring (bicyclic) bond motifs is 1. The van der Waals surface area contributed by atoms with Gasteiger partial charge in [-0.05, 0) is 66.6 Å². The number of amides is 1. The molecule has 26 heavy (non-hydrogen) atoms. The molecule has 0 unspecified atom stereocenters. The maximum atomic E-state index is 12.3. The topological polar surface area (TPSA) is 70.9 Å². The number of phenolic OH excluding ortho intramolecular Hbond substituents is 1. The van der Waals surface area contributed by atoms with Crippen molar-refractivity contribution >= 4 is 22.9 Å². The Kier molecular flexibility index (Phi) is 5.17. The van der Waals surface area contributed by atoms with E-state index in [1.807, 2.05) is 62.4 Å². The molecule has 0 spiro atoms. The number of nitrogens with zero attached hydrogens (tertiary/aromatic N) is 1. The lowest BCUT2D eigenvalue weighted by Gasteiger charge is -2.09. The van der Waals surface area contributed by atoms with E-state index in [4.69, 9.17) is 4.74 Å². The van der Waals surface area contributed by atoms with Crippen LogP contribution in [0.2, 0.25) is 0 Å². The van der Waals surface area contributed by atoms with Crippen molar-refractivity contribution in [3.63, 3.8) is 0 Å². The Hall–Kier alpha value is -3.34. The summed E-state index contributed by atoms with van der Waals surface area (Å²) >= 11 is 0. The van der Waals surface area contributed by atoms with E-state index in [1.54, 1.807) is 12.1 Å². The average Bonchev–Trinajstić information content (AvgIpc) is 2.62. The number of aromatic hydroxyl groups is 1. The van der Waals surface area contributed by atoms with Crippen molar-refractivity contribution in [1.29, 1.82) is 0 Å². The van der Waals surface area contributed by atoms with E-state index in [0.717, 1.165) is 22.1 Å². The van der Waals surface area contributed by atoms with Gasteiger partial charge in [-0.1, -0.05) is 24.3 Å². The first-order chi connectivity index (χ1) is 12.5. The highest BCUT2D eigenvalue weighted by atomic mass is 16.5. The van der Waals surface area contributed by atoms with Gasteiger partial charge in [-0.15, -0.1) is 0 Å². The lowest BCUT2D eigenvalue weighted by molar-refractivity contribution is 0.0952. The molecule has 0 atom stereocenters. The summed E-state index contributed by atoms with van der Waals surface area (Å²) in [7, 11) is 0. The quantitative estimate of drug-likeness (QED) is 0.539. The Morgan fingerprint density at radius 1 is 1.08 bits per heavy atom. The fraction of sp³-hybridized carbons (Fsp3) is 0.143. The number of carbonyl (C=O) groups is 1. The molecule has 0 fully saturated rings. The van der Waals surface area contributed by atoms with Crippen molar-refractivity contribution < 1.29 is 14.6 Å². The van der Waals surface area contributed by atoms with E-state index in [-0.39, 0.29) is 17.4 Å². The van der Waals surface area contributed by atoms with Gasteiger partial charge in [-0.3, -0.25) is 4.79 Å². The number of phenols is 1. The van der Waals surface area contributed by atoms with Gasteiger partial charge in [-0.2, -0.15) is 5.10 Å². The van der Waals surface area contributed by atoms with Gasteiger partial charge in [0.1, 0.15) is 11.5 Å². The molecule has 0 aliphatic heterocycles. The minimum absolute atomic E-state index is 0.0772. The van der Waals surface area contributed by atoms with E-state index in [9.17, 15) is 9.90 Å². The number of nitrogens with one attached hydrogen (secondary N) is 1. The van der Waals surface area contributed by atoms with Crippen LogP contribution in [-0.2, 0) is 0 Å². The zero-order chi connectivity index (χ0) is 18.5. The second-order valence-corrected chi connectivity index (χ2v) is 6.15. The number of hydrogen-bond acceptors (Lipinski definition) is 4. The van der Waals surface area contributed by atoms with Crippen LogP contribution in [0.3, 0.4) is 0 Å². The third-order valence-electron chi connectivity index (χ3n) is 3.74. The van der Waals surface area contributed by atoms with Crippen molar-refractivity contribution in [1.82, 2.24) is 5.43 Å². The molecule has 0 radical (unpaired) electrons. The van der Waals surface area contributed by atoms with Crippen LogP contribution in [0.5, 0.6) is 11.5 Å². The first-order valence-corrected chi connectivity index (χ1v) is 8.35. The van der Waals surface area contributed by atoms with Gasteiger partial charge in [0.15, 0.2) is 0 Å². The standard InChI is InChI=1S/C21H20N2O3/c1-14(2)26-18-9-7-15(8-10-18)13-22-23-21(25)19-11-16-5-3-4-6-17(16)12-20(19)24/h3-14,24H,1-2H3,(H,23,25)/b22-13+. The smallest absolute Gasteiger partial charge is 0.275 e. The number of hydrogen-bond donors (Lipinski definition) is 2. The first-order valence-electron chi connectivity index (χ1n) is 8.35. The van der Waals surface area contributed by atoms with Crippen LogP contribution in [0, 0.1) is 0 Å². The Balaban J connectivity index is 1.68. The summed E-state index contributed by atoms with van der Waals surface area (Å²) in [5, 5.41) is 15.8. The van der Waals surface area contributed by atoms with Gasteiger partial charge >= 0.3 is 0 Å². The van der Waals surface area contributed by atoms with Gasteiger partial charge in [0.2, 0.25) is 0 Å². The van der Waals surface area contributed by atoms with Crippen LogP contribution in [0.15, 0.2) is 65.8 Å². The third kappa shape index (κ3) is 4.19. The summed E-state index contributed by atoms with van der Waals surface area (Å²) in [6, 6.07) is 18.1. The van der Waals surface area contributed by atoms with Gasteiger partial charge < -0.3 is 9.84 Å². The first kappa shape index (κ1) is 17.5. The average molecular weight is 348 g/mol. The van der Waals surface area contributed by atoms with Crippen LogP contribution in [0.25, 0.3) is 10.8 Å². The molecule has 3 aromatic carbocycles. The maximum absolute atomic E-state index is 12.3. The molecule has 5 heteroatoms. The molecule has 0 aromatic heterocycles. The summed E-state index contributed by atoms with van der Waals surface area (Å²) in [5.41, 5.74) is 3.44. The number of carbonyl (C=O) groups excluding carboxylic acids is 1. The summed E-state index contributed by atoms with van der Waals surface area (Å²) in [5.74, 6) is 0.234. The molecule has 0 aliphatic rings. The molecule has 0 heterocycles. The summed E-state index contributed by atoms with van der Waals surface area (Å²) in [4.78, 5) is 12.3. The summed E-state index contributed by atoms with van der Waals surface area (Å²) in [6.07, 6.45) is 1.65. The van der Waals surface area contributed by atoms with Gasteiger partial charge in [-0.25, -0.2) is 5.43 Å². The SMILES string of the molecule is CC(C)Oc1ccc(/C=N/NC(=O)c2cc3ccccc3cc2O)cc1. The largest absolute Gasteiger partial charge is 0.507 e. The number of rotatable bonds is 5. The summed E-state index contributed by atoms with van der Waals surface area (Å²) in [6.45, 7) is 3.93. The minimum Gasteiger partial charge on any atom is -0.507 e. The minimum atomic E-state index is -0.468. The zero-order valence-corrected chi connectivity index (χ0v) is 14.6. The maximum Gasteiger partial charge on any atom is 0.275 e. The molecule has 0 aliphatic carbocycles. The second kappa shape index (κ2) is 7.70. The molecule has 3 rings (SSSR count). The fourth-order valence-corrected chi connectivity index (χ4v) is 2.54. The van der Waals surface area contributed by atoms with Gasteiger partial charge in [0, 0.05) is 0 Å². The molecule has 0 bridgehead atoms. The van der Waals surface area contributed by atoms with Crippen LogP contribution < -0.4 is 10.2 Å². The van der Waals surface area contributed by atoms with Crippen LogP contribution >= 0.6 is 0 Å². The molecule has 0 saturated heterocycles. The number of ether oxygens (including phenoxy) is 1. The molecule has 132 valence electrons. The molecular weight excluding hydrogens is 328 g/mol. The highest BCUT2D eigenvalue weighted by Gasteiger charge is 2.11. The van der Waals surface area contributed by atoms with Crippen molar-refractivity contribution in [2.24, 2.45) is 5.10 Å². The van der Waals surface area contributed by atoms with E-state index < -0.39 is 5.91 Å². The lowest BCUT2D eigenvalue weighted by atomic mass is 10.1. The lowest BCUT2D eigenvalue weighted by Crippen LogP contribution is -2.17. The van der Waals surface area contributed by atoms with Gasteiger partial charge in [0.25, 0.3) is 5.91 Å². The van der Waals surface area contributed by atoms with E-state index in [2.05, 4.69) is 10.5 Å². The number of hydrazone groups is 1. The zero-order valence-electron chi connectivity index (χ0n) is 14.6. The predicted molar refractivity (Wildman–Crippen MR) is 103 cm³/mol. The molecule has 5 nitrogen and oxygen atoms in total. The normalized spacial score (nSPS) is 11.2. The Bertz CT molecular complexity index is 947. The fourth-order valence-electron chi connectivity index (χ4n) is 2.54. The van der Waals surface area contributed by atoms with Gasteiger partial charge in [0.05, 0.1) is 17.9 Å². The second-order valence-electron chi connectivity index (χ2n) is 6.15. The highest BCUT2D eigenvalue weighted by molar-refractivity contribution is 6.01. The van der Waals surface area contributed by atoms with E-state index >= 15 is 0 Å². The van der Waals surface area contributed by atoms with E-state index in [0.29, 0.717) is 0 Å². The Morgan fingerprint density at radius 3 is 2.38 bits per heavy atom. The molecular formula is C21H20N2O3. The van der Waals surface area contributed by atoms with Crippen molar-refractivity contribution in [2.75, 3.05) is 0 Å². The predicted octanol–water partition coefficient (Wildman–Crippen LogP) is 4.10. The third-order valence-corrected chi connectivity index (χ3v) is 3.74. The van der Waals surface area contributed by atoms with E-state index in [1.165, 1.54) is 6.21 Å². The van der Waals surface area contributed by atoms with Crippen LogP contribution in [-0.4, -0.2) is 23.3 Å². The molecule has 2 N–H and O–H groups in total. The van der Waals surface area contributed by atoms with Crippen molar-refractivity contribution in [3.8, 4) is 11.5 Å². The Labute approximate surface area is 151 Å².